The normalized spacial score (nSPS) is 10.2. The molecule has 0 aliphatic carbocycles. The van der Waals surface area contributed by atoms with E-state index < -0.39 is 0 Å². The fourth-order valence-electron chi connectivity index (χ4n) is 1.54. The SMILES string of the molecule is CNc1nc(C)cc(Oc2ccc(Cl)cc2C)n1. The lowest BCUT2D eigenvalue weighted by molar-refractivity contribution is 0.458. The van der Waals surface area contributed by atoms with Gasteiger partial charge in [0.2, 0.25) is 11.8 Å². The van der Waals surface area contributed by atoms with E-state index >= 15 is 0 Å². The molecule has 1 aromatic carbocycles. The molecule has 2 rings (SSSR count). The summed E-state index contributed by atoms with van der Waals surface area (Å²) >= 11 is 5.90. The van der Waals surface area contributed by atoms with Crippen LogP contribution in [0.3, 0.4) is 0 Å². The first-order valence-electron chi connectivity index (χ1n) is 5.56. The van der Waals surface area contributed by atoms with E-state index in [1.807, 2.05) is 26.0 Å². The number of halogens is 1. The van der Waals surface area contributed by atoms with E-state index in [4.69, 9.17) is 16.3 Å². The molecular formula is C13H14ClN3O. The van der Waals surface area contributed by atoms with Crippen molar-refractivity contribution in [2.45, 2.75) is 13.8 Å². The zero-order valence-electron chi connectivity index (χ0n) is 10.5. The van der Waals surface area contributed by atoms with Crippen molar-refractivity contribution in [2.24, 2.45) is 0 Å². The Bertz CT molecular complexity index is 572. The van der Waals surface area contributed by atoms with Gasteiger partial charge in [0.15, 0.2) is 0 Å². The summed E-state index contributed by atoms with van der Waals surface area (Å²) in [5, 5.41) is 3.58. The highest BCUT2D eigenvalue weighted by molar-refractivity contribution is 6.30. The number of nitrogens with one attached hydrogen (secondary N) is 1. The van der Waals surface area contributed by atoms with Crippen molar-refractivity contribution in [2.75, 3.05) is 12.4 Å². The molecule has 2 aromatic rings. The maximum Gasteiger partial charge on any atom is 0.225 e. The van der Waals surface area contributed by atoms with E-state index in [1.165, 1.54) is 0 Å². The molecule has 0 unspecified atom stereocenters. The molecule has 94 valence electrons. The van der Waals surface area contributed by atoms with E-state index in [9.17, 15) is 0 Å². The van der Waals surface area contributed by atoms with Gasteiger partial charge in [-0.3, -0.25) is 0 Å². The Morgan fingerprint density at radius 3 is 2.61 bits per heavy atom. The Labute approximate surface area is 111 Å². The second kappa shape index (κ2) is 5.23. The van der Waals surface area contributed by atoms with Gasteiger partial charge in [-0.15, -0.1) is 0 Å². The molecule has 0 aliphatic heterocycles. The van der Waals surface area contributed by atoms with Crippen LogP contribution in [0.15, 0.2) is 24.3 Å². The molecule has 0 fully saturated rings. The Morgan fingerprint density at radius 1 is 1.17 bits per heavy atom. The average molecular weight is 264 g/mol. The largest absolute Gasteiger partial charge is 0.439 e. The van der Waals surface area contributed by atoms with Crippen LogP contribution in [0.25, 0.3) is 0 Å². The first kappa shape index (κ1) is 12.6. The number of anilines is 1. The third-order valence-electron chi connectivity index (χ3n) is 2.41. The third-order valence-corrected chi connectivity index (χ3v) is 2.64. The predicted molar refractivity (Wildman–Crippen MR) is 72.6 cm³/mol. The molecule has 1 aromatic heterocycles. The van der Waals surface area contributed by atoms with Gasteiger partial charge in [-0.2, -0.15) is 4.98 Å². The van der Waals surface area contributed by atoms with Crippen LogP contribution in [0.1, 0.15) is 11.3 Å². The fourth-order valence-corrected chi connectivity index (χ4v) is 1.77. The van der Waals surface area contributed by atoms with Crippen LogP contribution in [0.5, 0.6) is 11.6 Å². The van der Waals surface area contributed by atoms with Crippen LogP contribution in [0, 0.1) is 13.8 Å². The molecule has 5 heteroatoms. The monoisotopic (exact) mass is 263 g/mol. The van der Waals surface area contributed by atoms with Crippen molar-refractivity contribution in [1.29, 1.82) is 0 Å². The van der Waals surface area contributed by atoms with Gasteiger partial charge in [0.25, 0.3) is 0 Å². The second-order valence-electron chi connectivity index (χ2n) is 3.93. The summed E-state index contributed by atoms with van der Waals surface area (Å²) in [5.41, 5.74) is 1.81. The van der Waals surface area contributed by atoms with E-state index in [1.54, 1.807) is 19.2 Å². The molecule has 18 heavy (non-hydrogen) atoms. The van der Waals surface area contributed by atoms with E-state index in [0.717, 1.165) is 17.0 Å². The van der Waals surface area contributed by atoms with Crippen molar-refractivity contribution in [3.8, 4) is 11.6 Å². The van der Waals surface area contributed by atoms with Crippen LogP contribution < -0.4 is 10.1 Å². The van der Waals surface area contributed by atoms with Crippen LogP contribution in [-0.4, -0.2) is 17.0 Å². The third kappa shape index (κ3) is 2.90. The summed E-state index contributed by atoms with van der Waals surface area (Å²) in [5.74, 6) is 1.79. The minimum atomic E-state index is 0.511. The van der Waals surface area contributed by atoms with Gasteiger partial charge in [0.05, 0.1) is 0 Å². The number of hydrogen-bond acceptors (Lipinski definition) is 4. The van der Waals surface area contributed by atoms with Gasteiger partial charge in [-0.25, -0.2) is 4.98 Å². The van der Waals surface area contributed by atoms with E-state index in [2.05, 4.69) is 15.3 Å². The highest BCUT2D eigenvalue weighted by atomic mass is 35.5. The summed E-state index contributed by atoms with van der Waals surface area (Å²) in [6.45, 7) is 3.83. The van der Waals surface area contributed by atoms with Crippen molar-refractivity contribution in [1.82, 2.24) is 9.97 Å². The van der Waals surface area contributed by atoms with Gasteiger partial charge >= 0.3 is 0 Å². The number of ether oxygens (including phenoxy) is 1. The standard InChI is InChI=1S/C13H14ClN3O/c1-8-6-10(14)4-5-11(8)18-12-7-9(2)16-13(15-3)17-12/h4-7H,1-3H3,(H,15,16,17). The smallest absolute Gasteiger partial charge is 0.225 e. The molecule has 1 N–H and O–H groups in total. The highest BCUT2D eigenvalue weighted by Crippen LogP contribution is 2.26. The lowest BCUT2D eigenvalue weighted by Gasteiger charge is -2.09. The topological polar surface area (TPSA) is 47.0 Å². The molecule has 0 bridgehead atoms. The molecule has 0 amide bonds. The molecular weight excluding hydrogens is 250 g/mol. The zero-order valence-corrected chi connectivity index (χ0v) is 11.2. The Hall–Kier alpha value is -1.81. The van der Waals surface area contributed by atoms with Crippen molar-refractivity contribution in [3.63, 3.8) is 0 Å². The zero-order chi connectivity index (χ0) is 13.1. The molecule has 0 spiro atoms. The quantitative estimate of drug-likeness (QED) is 0.919. The second-order valence-corrected chi connectivity index (χ2v) is 4.37. The number of benzene rings is 1. The number of hydrogen-bond donors (Lipinski definition) is 1. The van der Waals surface area contributed by atoms with Crippen LogP contribution in [-0.2, 0) is 0 Å². The first-order chi connectivity index (χ1) is 8.58. The van der Waals surface area contributed by atoms with Gasteiger partial charge in [0, 0.05) is 23.8 Å². The molecule has 4 nitrogen and oxygen atoms in total. The molecule has 0 saturated heterocycles. The average Bonchev–Trinajstić information content (AvgIpc) is 2.32. The van der Waals surface area contributed by atoms with Crippen molar-refractivity contribution >= 4 is 17.5 Å². The van der Waals surface area contributed by atoms with Crippen molar-refractivity contribution in [3.05, 3.63) is 40.5 Å². The predicted octanol–water partition coefficient (Wildman–Crippen LogP) is 3.58. The van der Waals surface area contributed by atoms with E-state index in [-0.39, 0.29) is 0 Å². The Kier molecular flexibility index (Phi) is 3.67. The van der Waals surface area contributed by atoms with Crippen LogP contribution in [0.4, 0.5) is 5.95 Å². The number of rotatable bonds is 3. The molecule has 0 saturated carbocycles. The lowest BCUT2D eigenvalue weighted by Crippen LogP contribution is -2.00. The lowest BCUT2D eigenvalue weighted by atomic mass is 10.2. The van der Waals surface area contributed by atoms with Crippen LogP contribution >= 0.6 is 11.6 Å². The van der Waals surface area contributed by atoms with E-state index in [0.29, 0.717) is 16.9 Å². The van der Waals surface area contributed by atoms with Gasteiger partial charge in [0.1, 0.15) is 5.75 Å². The maximum atomic E-state index is 5.90. The molecule has 0 radical (unpaired) electrons. The molecule has 0 aliphatic rings. The van der Waals surface area contributed by atoms with Gasteiger partial charge < -0.3 is 10.1 Å². The first-order valence-corrected chi connectivity index (χ1v) is 5.94. The minimum Gasteiger partial charge on any atom is -0.439 e. The Balaban J connectivity index is 2.30. The van der Waals surface area contributed by atoms with Crippen molar-refractivity contribution < 1.29 is 4.74 Å². The maximum absolute atomic E-state index is 5.90. The van der Waals surface area contributed by atoms with Crippen LogP contribution in [0.2, 0.25) is 5.02 Å². The number of nitrogens with zero attached hydrogens (tertiary/aromatic N) is 2. The fraction of sp³-hybridized carbons (Fsp3) is 0.231. The summed E-state index contributed by atoms with van der Waals surface area (Å²) in [6.07, 6.45) is 0. The molecule has 1 heterocycles. The summed E-state index contributed by atoms with van der Waals surface area (Å²) in [4.78, 5) is 8.44. The highest BCUT2D eigenvalue weighted by Gasteiger charge is 2.06. The summed E-state index contributed by atoms with van der Waals surface area (Å²) in [7, 11) is 1.77. The molecule has 0 atom stereocenters. The number of aromatic nitrogens is 2. The summed E-state index contributed by atoms with van der Waals surface area (Å²) < 4.78 is 5.74. The minimum absolute atomic E-state index is 0.511. The Morgan fingerprint density at radius 2 is 1.94 bits per heavy atom. The number of aryl methyl sites for hydroxylation is 2. The summed E-state index contributed by atoms with van der Waals surface area (Å²) in [6, 6.07) is 7.25. The van der Waals surface area contributed by atoms with Gasteiger partial charge in [-0.05, 0) is 37.6 Å². The van der Waals surface area contributed by atoms with Gasteiger partial charge in [-0.1, -0.05) is 11.6 Å².